The van der Waals surface area contributed by atoms with Crippen molar-refractivity contribution in [2.45, 2.75) is 85.6 Å². The van der Waals surface area contributed by atoms with E-state index < -0.39 is 0 Å². The molecule has 0 radical (unpaired) electrons. The van der Waals surface area contributed by atoms with Crippen molar-refractivity contribution in [3.63, 3.8) is 0 Å². The average molecular weight is 253 g/mol. The van der Waals surface area contributed by atoms with Gasteiger partial charge in [0, 0.05) is 6.04 Å². The Hall–Kier alpha value is -0.0400. The van der Waals surface area contributed by atoms with Crippen LogP contribution in [0, 0.1) is 11.3 Å². The number of nitrogens with zero attached hydrogens (tertiary/aromatic N) is 1. The molecule has 2 fully saturated rings. The molecule has 2 aliphatic rings. The molecule has 1 aliphatic carbocycles. The van der Waals surface area contributed by atoms with E-state index in [1.54, 1.807) is 0 Å². The molecule has 18 heavy (non-hydrogen) atoms. The third kappa shape index (κ3) is 4.57. The smallest absolute Gasteiger partial charge is 0.0100 e. The van der Waals surface area contributed by atoms with E-state index in [9.17, 15) is 0 Å². The first-order valence-corrected chi connectivity index (χ1v) is 8.25. The van der Waals surface area contributed by atoms with E-state index in [0.717, 1.165) is 12.0 Å². The van der Waals surface area contributed by atoms with Crippen LogP contribution in [0.3, 0.4) is 0 Å². The standard InChI is InChI=1S/C14H27N.C3H8/c1-12-7-8-13(11-14(12,2)3)15-9-5-4-6-10-15;1-3-2/h12-13H,4-11H2,1-3H3;3H2,1-2H3/t12-,13+;/m0./s1. The highest BCUT2D eigenvalue weighted by Crippen LogP contribution is 2.42. The lowest BCUT2D eigenvalue weighted by atomic mass is 9.67. The fraction of sp³-hybridized carbons (Fsp3) is 1.00. The monoisotopic (exact) mass is 253 g/mol. The Bertz CT molecular complexity index is 216. The zero-order valence-corrected chi connectivity index (χ0v) is 13.5. The highest BCUT2D eigenvalue weighted by Gasteiger charge is 2.36. The lowest BCUT2D eigenvalue weighted by molar-refractivity contribution is 0.0454. The van der Waals surface area contributed by atoms with Gasteiger partial charge in [-0.05, 0) is 56.5 Å². The maximum absolute atomic E-state index is 2.77. The minimum absolute atomic E-state index is 0.570. The Morgan fingerprint density at radius 1 is 1.00 bits per heavy atom. The lowest BCUT2D eigenvalue weighted by Crippen LogP contribution is -2.45. The van der Waals surface area contributed by atoms with Gasteiger partial charge < -0.3 is 4.90 Å². The molecule has 0 spiro atoms. The van der Waals surface area contributed by atoms with Crippen LogP contribution >= 0.6 is 0 Å². The molecular weight excluding hydrogens is 218 g/mol. The molecule has 1 saturated heterocycles. The fourth-order valence-corrected chi connectivity index (χ4v) is 3.34. The van der Waals surface area contributed by atoms with Crippen molar-refractivity contribution >= 4 is 0 Å². The second kappa shape index (κ2) is 7.53. The second-order valence-electron chi connectivity index (χ2n) is 7.13. The van der Waals surface area contributed by atoms with Crippen LogP contribution in [0.5, 0.6) is 0 Å². The molecule has 0 aromatic rings. The Morgan fingerprint density at radius 3 is 2.06 bits per heavy atom. The molecule has 2 atom stereocenters. The summed E-state index contributed by atoms with van der Waals surface area (Å²) >= 11 is 0. The maximum atomic E-state index is 2.77. The number of likely N-dealkylation sites (tertiary alicyclic amines) is 1. The van der Waals surface area contributed by atoms with Crippen LogP contribution in [-0.4, -0.2) is 24.0 Å². The summed E-state index contributed by atoms with van der Waals surface area (Å²) in [4.78, 5) is 2.77. The van der Waals surface area contributed by atoms with Gasteiger partial charge in [-0.15, -0.1) is 0 Å². The molecule has 0 amide bonds. The van der Waals surface area contributed by atoms with Gasteiger partial charge in [0.25, 0.3) is 0 Å². The van der Waals surface area contributed by atoms with Gasteiger partial charge in [0.15, 0.2) is 0 Å². The predicted octanol–water partition coefficient (Wildman–Crippen LogP) is 5.10. The molecule has 108 valence electrons. The SMILES string of the molecule is CCC.C[C@H]1CC[C@@H](N2CCCCC2)CC1(C)C. The van der Waals surface area contributed by atoms with Crippen LogP contribution in [0.25, 0.3) is 0 Å². The predicted molar refractivity (Wildman–Crippen MR) is 82.0 cm³/mol. The Balaban J connectivity index is 0.000000492. The van der Waals surface area contributed by atoms with Crippen molar-refractivity contribution in [2.24, 2.45) is 11.3 Å². The van der Waals surface area contributed by atoms with Crippen LogP contribution in [0.2, 0.25) is 0 Å². The molecule has 0 N–H and O–H groups in total. The molecule has 0 bridgehead atoms. The van der Waals surface area contributed by atoms with Crippen LogP contribution in [-0.2, 0) is 0 Å². The van der Waals surface area contributed by atoms with E-state index in [0.29, 0.717) is 5.41 Å². The van der Waals surface area contributed by atoms with E-state index in [4.69, 9.17) is 0 Å². The number of piperidine rings is 1. The van der Waals surface area contributed by atoms with E-state index in [-0.39, 0.29) is 0 Å². The third-order valence-corrected chi connectivity index (χ3v) is 4.94. The van der Waals surface area contributed by atoms with Gasteiger partial charge in [0.2, 0.25) is 0 Å². The Kier molecular flexibility index (Phi) is 6.70. The summed E-state index contributed by atoms with van der Waals surface area (Å²) < 4.78 is 0. The third-order valence-electron chi connectivity index (χ3n) is 4.94. The summed E-state index contributed by atoms with van der Waals surface area (Å²) in [6.07, 6.45) is 9.90. The summed E-state index contributed by atoms with van der Waals surface area (Å²) in [6.45, 7) is 14.4. The molecule has 1 saturated carbocycles. The summed E-state index contributed by atoms with van der Waals surface area (Å²) in [5, 5.41) is 0. The van der Waals surface area contributed by atoms with Crippen LogP contribution in [0.15, 0.2) is 0 Å². The van der Waals surface area contributed by atoms with Gasteiger partial charge in [0.1, 0.15) is 0 Å². The Morgan fingerprint density at radius 2 is 1.56 bits per heavy atom. The number of rotatable bonds is 1. The molecule has 1 heteroatoms. The van der Waals surface area contributed by atoms with E-state index in [1.165, 1.54) is 58.0 Å². The largest absolute Gasteiger partial charge is 0.300 e. The number of hydrogen-bond donors (Lipinski definition) is 0. The number of hydrogen-bond acceptors (Lipinski definition) is 1. The zero-order valence-electron chi connectivity index (χ0n) is 13.5. The molecule has 0 aromatic heterocycles. The van der Waals surface area contributed by atoms with Crippen molar-refractivity contribution < 1.29 is 0 Å². The minimum Gasteiger partial charge on any atom is -0.300 e. The molecule has 0 aromatic carbocycles. The van der Waals surface area contributed by atoms with Gasteiger partial charge in [-0.2, -0.15) is 0 Å². The first-order chi connectivity index (χ1) is 8.51. The second-order valence-corrected chi connectivity index (χ2v) is 7.13. The molecule has 1 aliphatic heterocycles. The molecule has 1 heterocycles. The molecular formula is C17H35N. The average Bonchev–Trinajstić information content (AvgIpc) is 2.35. The molecule has 2 rings (SSSR count). The van der Waals surface area contributed by atoms with Crippen molar-refractivity contribution in [1.82, 2.24) is 4.90 Å². The fourth-order valence-electron chi connectivity index (χ4n) is 3.34. The maximum Gasteiger partial charge on any atom is 0.0100 e. The van der Waals surface area contributed by atoms with Gasteiger partial charge >= 0.3 is 0 Å². The summed E-state index contributed by atoms with van der Waals surface area (Å²) in [5.41, 5.74) is 0.570. The highest BCUT2D eigenvalue weighted by molar-refractivity contribution is 4.89. The van der Waals surface area contributed by atoms with Crippen molar-refractivity contribution in [3.05, 3.63) is 0 Å². The van der Waals surface area contributed by atoms with E-state index in [1.807, 2.05) is 0 Å². The first-order valence-electron chi connectivity index (χ1n) is 8.25. The van der Waals surface area contributed by atoms with Gasteiger partial charge in [-0.25, -0.2) is 0 Å². The summed E-state index contributed by atoms with van der Waals surface area (Å²) in [6, 6.07) is 0.900. The molecule has 1 nitrogen and oxygen atoms in total. The van der Waals surface area contributed by atoms with Crippen molar-refractivity contribution in [3.8, 4) is 0 Å². The highest BCUT2D eigenvalue weighted by atomic mass is 15.2. The Labute approximate surface area is 115 Å². The van der Waals surface area contributed by atoms with E-state index >= 15 is 0 Å². The van der Waals surface area contributed by atoms with Gasteiger partial charge in [-0.1, -0.05) is 47.5 Å². The van der Waals surface area contributed by atoms with E-state index in [2.05, 4.69) is 39.5 Å². The quantitative estimate of drug-likeness (QED) is 0.628. The molecule has 0 unspecified atom stereocenters. The van der Waals surface area contributed by atoms with Gasteiger partial charge in [0.05, 0.1) is 0 Å². The normalized spacial score (nSPS) is 32.5. The van der Waals surface area contributed by atoms with Crippen LogP contribution < -0.4 is 0 Å². The van der Waals surface area contributed by atoms with Gasteiger partial charge in [-0.3, -0.25) is 0 Å². The van der Waals surface area contributed by atoms with Crippen molar-refractivity contribution in [2.75, 3.05) is 13.1 Å². The van der Waals surface area contributed by atoms with Crippen LogP contribution in [0.1, 0.15) is 79.6 Å². The zero-order chi connectivity index (χ0) is 13.6. The topological polar surface area (TPSA) is 3.24 Å². The minimum atomic E-state index is 0.570. The lowest BCUT2D eigenvalue weighted by Gasteiger charge is -2.46. The first kappa shape index (κ1) is 16.0. The summed E-state index contributed by atoms with van der Waals surface area (Å²) in [7, 11) is 0. The summed E-state index contributed by atoms with van der Waals surface area (Å²) in [5.74, 6) is 0.915. The van der Waals surface area contributed by atoms with Crippen LogP contribution in [0.4, 0.5) is 0 Å². The van der Waals surface area contributed by atoms with Crippen molar-refractivity contribution in [1.29, 1.82) is 0 Å².